The molecular formula is C25H37NO6. The fourth-order valence-corrected chi connectivity index (χ4v) is 4.38. The highest BCUT2D eigenvalue weighted by atomic mass is 16.6. The number of benzene rings is 1. The van der Waals surface area contributed by atoms with Gasteiger partial charge in [-0.05, 0) is 69.6 Å². The molecule has 32 heavy (non-hydrogen) atoms. The van der Waals surface area contributed by atoms with Crippen molar-refractivity contribution >= 4 is 12.1 Å². The van der Waals surface area contributed by atoms with E-state index in [1.54, 1.807) is 4.90 Å². The molecule has 3 rings (SSSR count). The average Bonchev–Trinajstić information content (AvgIpc) is 3.51. The number of methoxy groups -OCH3 is 1. The Balaban J connectivity index is 1.69. The maximum atomic E-state index is 12.2. The van der Waals surface area contributed by atoms with Gasteiger partial charge in [0.05, 0.1) is 19.6 Å². The number of esters is 1. The Hall–Kier alpha value is -2.28. The summed E-state index contributed by atoms with van der Waals surface area (Å²) in [6.07, 6.45) is 1.46. The Morgan fingerprint density at radius 3 is 2.38 bits per heavy atom. The summed E-state index contributed by atoms with van der Waals surface area (Å²) >= 11 is 0. The molecule has 7 heteroatoms. The smallest absolute Gasteiger partial charge is 0.410 e. The molecule has 0 bridgehead atoms. The van der Waals surface area contributed by atoms with Crippen LogP contribution in [-0.2, 0) is 14.3 Å². The fraction of sp³-hybridized carbons (Fsp3) is 0.680. The number of likely N-dealkylation sites (tertiary alicyclic amines) is 1. The van der Waals surface area contributed by atoms with Crippen LogP contribution in [0.3, 0.4) is 0 Å². The van der Waals surface area contributed by atoms with E-state index in [1.165, 1.54) is 7.11 Å². The summed E-state index contributed by atoms with van der Waals surface area (Å²) in [5, 5.41) is 9.97. The molecule has 7 nitrogen and oxygen atoms in total. The third-order valence-corrected chi connectivity index (χ3v) is 6.38. The van der Waals surface area contributed by atoms with E-state index in [2.05, 4.69) is 6.07 Å². The number of aliphatic hydroxyl groups excluding tert-OH is 1. The molecule has 1 aliphatic carbocycles. The fourth-order valence-electron chi connectivity index (χ4n) is 4.38. The highest BCUT2D eigenvalue weighted by molar-refractivity contribution is 5.73. The number of hydrogen-bond donors (Lipinski definition) is 1. The van der Waals surface area contributed by atoms with E-state index in [9.17, 15) is 14.7 Å². The zero-order valence-corrected chi connectivity index (χ0v) is 20.1. The zero-order valence-electron chi connectivity index (χ0n) is 20.1. The number of aliphatic hydroxyl groups is 1. The summed E-state index contributed by atoms with van der Waals surface area (Å²) in [7, 11) is 1.43. The number of carbonyl (C=O) groups excluding carboxylic acids is 2. The van der Waals surface area contributed by atoms with Crippen LogP contribution in [0.1, 0.15) is 57.6 Å². The lowest BCUT2D eigenvalue weighted by Gasteiger charge is -2.42. The number of carbonyl (C=O) groups is 2. The van der Waals surface area contributed by atoms with Crippen molar-refractivity contribution < 1.29 is 28.9 Å². The second-order valence-corrected chi connectivity index (χ2v) is 10.2. The molecule has 0 radical (unpaired) electrons. The van der Waals surface area contributed by atoms with Gasteiger partial charge in [0.25, 0.3) is 0 Å². The third-order valence-electron chi connectivity index (χ3n) is 6.38. The van der Waals surface area contributed by atoms with Crippen molar-refractivity contribution in [3.8, 4) is 5.75 Å². The third kappa shape index (κ3) is 5.74. The number of rotatable bonds is 8. The van der Waals surface area contributed by atoms with Gasteiger partial charge in [0.1, 0.15) is 17.5 Å². The minimum Gasteiger partial charge on any atom is -0.487 e. The Morgan fingerprint density at radius 1 is 1.19 bits per heavy atom. The van der Waals surface area contributed by atoms with Gasteiger partial charge in [-0.3, -0.25) is 4.79 Å². The van der Waals surface area contributed by atoms with Crippen molar-refractivity contribution in [1.82, 2.24) is 4.90 Å². The first-order valence-electron chi connectivity index (χ1n) is 11.5. The highest BCUT2D eigenvalue weighted by Gasteiger charge is 2.41. The molecule has 178 valence electrons. The Kier molecular flexibility index (Phi) is 7.38. The second-order valence-electron chi connectivity index (χ2n) is 10.2. The number of hydrogen-bond acceptors (Lipinski definition) is 6. The number of ether oxygens (including phenoxy) is 3. The minimum atomic E-state index is -0.536. The molecule has 2 fully saturated rings. The molecule has 3 unspecified atom stereocenters. The van der Waals surface area contributed by atoms with E-state index < -0.39 is 11.7 Å². The molecule has 0 aromatic heterocycles. The van der Waals surface area contributed by atoms with Gasteiger partial charge < -0.3 is 24.2 Å². The predicted molar refractivity (Wildman–Crippen MR) is 121 cm³/mol. The first-order chi connectivity index (χ1) is 15.0. The van der Waals surface area contributed by atoms with Crippen LogP contribution in [0.15, 0.2) is 18.2 Å². The second kappa shape index (κ2) is 9.69. The largest absolute Gasteiger partial charge is 0.487 e. The van der Waals surface area contributed by atoms with Crippen LogP contribution in [0.25, 0.3) is 0 Å². The van der Waals surface area contributed by atoms with E-state index in [0.717, 1.165) is 24.0 Å². The monoisotopic (exact) mass is 447 g/mol. The first-order valence-corrected chi connectivity index (χ1v) is 11.5. The van der Waals surface area contributed by atoms with Crippen LogP contribution < -0.4 is 4.74 Å². The van der Waals surface area contributed by atoms with Crippen molar-refractivity contribution in [3.05, 3.63) is 29.3 Å². The number of aryl methyl sites for hydroxylation is 1. The summed E-state index contributed by atoms with van der Waals surface area (Å²) in [6.45, 7) is 10.3. The molecule has 1 aliphatic heterocycles. The summed E-state index contributed by atoms with van der Waals surface area (Å²) < 4.78 is 16.6. The maximum Gasteiger partial charge on any atom is 0.410 e. The SMILES string of the molecule is COC(=O)C(C)C(c1ccc(C)c(OC(CO)C2CN(C(=O)OC(C)(C)C)C2)c1)C1CC1. The van der Waals surface area contributed by atoms with Gasteiger partial charge in [-0.1, -0.05) is 19.1 Å². The molecule has 0 spiro atoms. The Bertz CT molecular complexity index is 822. The van der Waals surface area contributed by atoms with Gasteiger partial charge in [0.2, 0.25) is 0 Å². The van der Waals surface area contributed by atoms with E-state index >= 15 is 0 Å². The molecule has 1 saturated carbocycles. The van der Waals surface area contributed by atoms with E-state index in [1.807, 2.05) is 46.8 Å². The molecule has 1 aromatic carbocycles. The summed E-state index contributed by atoms with van der Waals surface area (Å²) in [4.78, 5) is 26.1. The van der Waals surface area contributed by atoms with Crippen LogP contribution in [0.2, 0.25) is 0 Å². The normalized spacial score (nSPS) is 19.5. The van der Waals surface area contributed by atoms with Gasteiger partial charge in [-0.25, -0.2) is 4.79 Å². The summed E-state index contributed by atoms with van der Waals surface area (Å²) in [5.74, 6) is 0.871. The van der Waals surface area contributed by atoms with Crippen LogP contribution >= 0.6 is 0 Å². The van der Waals surface area contributed by atoms with Crippen molar-refractivity contribution in [1.29, 1.82) is 0 Å². The van der Waals surface area contributed by atoms with Crippen LogP contribution in [0, 0.1) is 24.7 Å². The van der Waals surface area contributed by atoms with Gasteiger partial charge >= 0.3 is 12.1 Å². The average molecular weight is 448 g/mol. The van der Waals surface area contributed by atoms with Crippen molar-refractivity contribution in [2.45, 2.75) is 65.1 Å². The molecule has 1 aromatic rings. The molecule has 3 atom stereocenters. The summed E-state index contributed by atoms with van der Waals surface area (Å²) in [5.41, 5.74) is 1.49. The molecule has 1 heterocycles. The van der Waals surface area contributed by atoms with E-state index in [0.29, 0.717) is 24.8 Å². The lowest BCUT2D eigenvalue weighted by molar-refractivity contribution is -0.145. The quantitative estimate of drug-likeness (QED) is 0.609. The topological polar surface area (TPSA) is 85.3 Å². The van der Waals surface area contributed by atoms with Gasteiger partial charge in [-0.15, -0.1) is 0 Å². The number of nitrogens with zero attached hydrogens (tertiary/aromatic N) is 1. The molecule has 1 amide bonds. The van der Waals surface area contributed by atoms with Gasteiger partial charge in [0.15, 0.2) is 0 Å². The van der Waals surface area contributed by atoms with Gasteiger partial charge in [0, 0.05) is 19.0 Å². The van der Waals surface area contributed by atoms with Gasteiger partial charge in [-0.2, -0.15) is 0 Å². The number of amides is 1. The highest BCUT2D eigenvalue weighted by Crippen LogP contribution is 2.47. The van der Waals surface area contributed by atoms with Crippen LogP contribution in [0.4, 0.5) is 4.79 Å². The molecule has 1 saturated heterocycles. The lowest BCUT2D eigenvalue weighted by atomic mass is 9.83. The predicted octanol–water partition coefficient (Wildman–Crippen LogP) is 3.90. The minimum absolute atomic E-state index is 0.0313. The Morgan fingerprint density at radius 2 is 1.84 bits per heavy atom. The van der Waals surface area contributed by atoms with Crippen molar-refractivity contribution in [3.63, 3.8) is 0 Å². The summed E-state index contributed by atoms with van der Waals surface area (Å²) in [6, 6.07) is 6.07. The first kappa shape index (κ1) is 24.4. The molecule has 1 N–H and O–H groups in total. The van der Waals surface area contributed by atoms with Crippen LogP contribution in [0.5, 0.6) is 5.75 Å². The van der Waals surface area contributed by atoms with Crippen molar-refractivity contribution in [2.24, 2.45) is 17.8 Å². The molecule has 2 aliphatic rings. The zero-order chi connectivity index (χ0) is 23.6. The van der Waals surface area contributed by atoms with Crippen molar-refractivity contribution in [2.75, 3.05) is 26.8 Å². The Labute approximate surface area is 191 Å². The lowest BCUT2D eigenvalue weighted by Crippen LogP contribution is -2.57. The molecular weight excluding hydrogens is 410 g/mol. The van der Waals surface area contributed by atoms with E-state index in [-0.39, 0.29) is 36.4 Å². The van der Waals surface area contributed by atoms with E-state index in [4.69, 9.17) is 14.2 Å². The maximum absolute atomic E-state index is 12.2. The standard InChI is InChI=1S/C25H37NO6/c1-15-7-8-18(22(17-9-10-17)16(2)23(28)30-6)11-20(15)31-21(14-27)19-12-26(13-19)24(29)32-25(3,4)5/h7-8,11,16-17,19,21-22,27H,9-10,12-14H2,1-6H3. The van der Waals surface area contributed by atoms with Crippen LogP contribution in [-0.4, -0.2) is 60.6 Å².